The van der Waals surface area contributed by atoms with E-state index in [1.807, 2.05) is 0 Å². The minimum Gasteiger partial charge on any atom is -0.369 e. The van der Waals surface area contributed by atoms with Crippen molar-refractivity contribution in [2.75, 3.05) is 11.1 Å². The number of halogens is 1. The molecule has 0 aromatic carbocycles. The lowest BCUT2D eigenvalue weighted by atomic mass is 10.4. The van der Waals surface area contributed by atoms with Gasteiger partial charge >= 0.3 is 0 Å². The molecule has 2 aromatic rings. The molecule has 11 heteroatoms. The van der Waals surface area contributed by atoms with Gasteiger partial charge in [0.2, 0.25) is 11.8 Å². The van der Waals surface area contributed by atoms with Crippen molar-refractivity contribution in [2.24, 2.45) is 5.73 Å². The summed E-state index contributed by atoms with van der Waals surface area (Å²) in [4.78, 5) is 26.8. The van der Waals surface area contributed by atoms with Crippen LogP contribution in [0.1, 0.15) is 6.92 Å². The molecular weight excluding hydrogens is 378 g/mol. The number of rotatable bonds is 7. The minimum atomic E-state index is -0.414. The number of hydrogen-bond donors (Lipinski definition) is 2. The molecule has 2 rings (SSSR count). The van der Waals surface area contributed by atoms with E-state index in [-0.39, 0.29) is 16.9 Å². The molecule has 0 aliphatic rings. The maximum atomic E-state index is 12.1. The first kappa shape index (κ1) is 18.0. The molecule has 0 aliphatic heterocycles. The first-order valence-corrected chi connectivity index (χ1v) is 9.33. The van der Waals surface area contributed by atoms with E-state index >= 15 is 0 Å². The van der Waals surface area contributed by atoms with Gasteiger partial charge in [0, 0.05) is 6.20 Å². The van der Waals surface area contributed by atoms with Crippen molar-refractivity contribution in [2.45, 2.75) is 20.9 Å². The van der Waals surface area contributed by atoms with Gasteiger partial charge in [-0.3, -0.25) is 9.59 Å². The molecule has 0 unspecified atom stereocenters. The number of carbonyl (C=O) groups is 2. The molecule has 2 amide bonds. The van der Waals surface area contributed by atoms with Gasteiger partial charge in [-0.05, 0) is 19.1 Å². The molecule has 122 valence electrons. The third-order valence-corrected chi connectivity index (χ3v) is 5.84. The van der Waals surface area contributed by atoms with Crippen LogP contribution in [0.2, 0.25) is 5.02 Å². The van der Waals surface area contributed by atoms with Gasteiger partial charge in [-0.25, -0.2) is 4.98 Å². The molecule has 23 heavy (non-hydrogen) atoms. The highest BCUT2D eigenvalue weighted by Crippen LogP contribution is 2.31. The molecule has 0 fully saturated rings. The second kappa shape index (κ2) is 8.48. The minimum absolute atomic E-state index is 0.150. The Morgan fingerprint density at radius 2 is 2.13 bits per heavy atom. The Labute approximate surface area is 149 Å². The highest BCUT2D eigenvalue weighted by atomic mass is 35.5. The van der Waals surface area contributed by atoms with Crippen molar-refractivity contribution in [3.8, 4) is 0 Å². The van der Waals surface area contributed by atoms with Crippen molar-refractivity contribution < 1.29 is 9.59 Å². The molecule has 1 atom stereocenters. The van der Waals surface area contributed by atoms with E-state index in [0.29, 0.717) is 19.5 Å². The normalized spacial score (nSPS) is 11.9. The van der Waals surface area contributed by atoms with Gasteiger partial charge in [0.05, 0.1) is 16.0 Å². The summed E-state index contributed by atoms with van der Waals surface area (Å²) in [6, 6.07) is 3.27. The Hall–Kier alpha value is -1.36. The second-order valence-electron chi connectivity index (χ2n) is 4.20. The Kier molecular flexibility index (Phi) is 6.63. The lowest BCUT2D eigenvalue weighted by Gasteiger charge is -2.09. The molecule has 2 aromatic heterocycles. The largest absolute Gasteiger partial charge is 0.369 e. The van der Waals surface area contributed by atoms with Gasteiger partial charge in [0.1, 0.15) is 5.82 Å². The third kappa shape index (κ3) is 5.98. The summed E-state index contributed by atoms with van der Waals surface area (Å²) in [5, 5.41) is 10.7. The van der Waals surface area contributed by atoms with Crippen molar-refractivity contribution in [1.82, 2.24) is 15.2 Å². The van der Waals surface area contributed by atoms with E-state index < -0.39 is 5.91 Å². The van der Waals surface area contributed by atoms with Crippen molar-refractivity contribution in [3.63, 3.8) is 0 Å². The molecule has 0 bridgehead atoms. The zero-order valence-corrected chi connectivity index (χ0v) is 15.1. The number of aromatic nitrogens is 3. The van der Waals surface area contributed by atoms with Gasteiger partial charge in [-0.15, -0.1) is 10.2 Å². The second-order valence-corrected chi connectivity index (χ2v) is 8.42. The monoisotopic (exact) mass is 389 g/mol. The number of hydrogen-bond acceptors (Lipinski definition) is 8. The maximum Gasteiger partial charge on any atom is 0.238 e. The predicted octanol–water partition coefficient (Wildman–Crippen LogP) is 2.28. The SMILES string of the molecule is C[C@H](Sc1nnc(SCC(N)=O)s1)C(=O)Nc1ccc(Cl)cn1. The number of pyridine rings is 1. The third-order valence-electron chi connectivity index (χ3n) is 2.35. The summed E-state index contributed by atoms with van der Waals surface area (Å²) >= 11 is 9.55. The molecule has 0 radical (unpaired) electrons. The number of nitrogens with one attached hydrogen (secondary N) is 1. The number of thioether (sulfide) groups is 2. The van der Waals surface area contributed by atoms with Crippen LogP contribution < -0.4 is 11.1 Å². The first-order valence-electron chi connectivity index (χ1n) is 6.27. The number of primary amides is 1. The zero-order valence-electron chi connectivity index (χ0n) is 11.9. The van der Waals surface area contributed by atoms with E-state index in [1.165, 1.54) is 41.1 Å². The van der Waals surface area contributed by atoms with Crippen LogP contribution in [0.15, 0.2) is 27.0 Å². The van der Waals surface area contributed by atoms with Crippen molar-refractivity contribution in [3.05, 3.63) is 23.4 Å². The quantitative estimate of drug-likeness (QED) is 0.698. The summed E-state index contributed by atoms with van der Waals surface area (Å²) < 4.78 is 1.28. The fourth-order valence-electron chi connectivity index (χ4n) is 1.32. The summed E-state index contributed by atoms with van der Waals surface area (Å²) in [5.74, 6) is -0.0341. The first-order chi connectivity index (χ1) is 10.9. The van der Waals surface area contributed by atoms with Crippen LogP contribution in [0.25, 0.3) is 0 Å². The van der Waals surface area contributed by atoms with Gasteiger partial charge in [-0.1, -0.05) is 46.5 Å². The molecule has 7 nitrogen and oxygen atoms in total. The Morgan fingerprint density at radius 1 is 1.39 bits per heavy atom. The number of amides is 2. The number of carbonyl (C=O) groups excluding carboxylic acids is 2. The molecule has 0 spiro atoms. The van der Waals surface area contributed by atoms with E-state index in [1.54, 1.807) is 19.1 Å². The Morgan fingerprint density at radius 3 is 2.78 bits per heavy atom. The summed E-state index contributed by atoms with van der Waals surface area (Å²) in [6.45, 7) is 1.76. The lowest BCUT2D eigenvalue weighted by molar-refractivity contribution is -0.116. The standard InChI is InChI=1S/C12H12ClN5O2S3/c1-6(10(20)16-9-3-2-7(13)4-15-9)22-12-18-17-11(23-12)21-5-8(14)19/h2-4,6H,5H2,1H3,(H2,14,19)(H,15,16,20)/t6-/m0/s1. The molecule has 2 heterocycles. The van der Waals surface area contributed by atoms with Gasteiger partial charge in [0.15, 0.2) is 8.68 Å². The molecule has 0 saturated carbocycles. The highest BCUT2D eigenvalue weighted by molar-refractivity contribution is 8.04. The number of nitrogens with two attached hydrogens (primary N) is 1. The topological polar surface area (TPSA) is 111 Å². The van der Waals surface area contributed by atoms with Crippen molar-refractivity contribution >= 4 is 64.1 Å². The Balaban J connectivity index is 1.88. The number of nitrogens with zero attached hydrogens (tertiary/aromatic N) is 3. The summed E-state index contributed by atoms with van der Waals surface area (Å²) in [6.07, 6.45) is 1.46. The molecule has 0 aliphatic carbocycles. The number of anilines is 1. The van der Waals surface area contributed by atoms with E-state index in [0.717, 1.165) is 0 Å². The lowest BCUT2D eigenvalue weighted by Crippen LogP contribution is -2.22. The van der Waals surface area contributed by atoms with Crippen LogP contribution in [0.3, 0.4) is 0 Å². The van der Waals surface area contributed by atoms with E-state index in [9.17, 15) is 9.59 Å². The fraction of sp³-hybridized carbons (Fsp3) is 0.250. The van der Waals surface area contributed by atoms with E-state index in [2.05, 4.69) is 20.5 Å². The summed E-state index contributed by atoms with van der Waals surface area (Å²) in [7, 11) is 0. The smallest absolute Gasteiger partial charge is 0.238 e. The molecule has 3 N–H and O–H groups in total. The fourth-order valence-corrected chi connectivity index (χ4v) is 4.33. The van der Waals surface area contributed by atoms with Crippen LogP contribution in [-0.2, 0) is 9.59 Å². The van der Waals surface area contributed by atoms with Crippen LogP contribution in [0.5, 0.6) is 0 Å². The van der Waals surface area contributed by atoms with Crippen molar-refractivity contribution in [1.29, 1.82) is 0 Å². The highest BCUT2D eigenvalue weighted by Gasteiger charge is 2.18. The van der Waals surface area contributed by atoms with Crippen LogP contribution in [-0.4, -0.2) is 38.0 Å². The Bertz CT molecular complexity index is 694. The van der Waals surface area contributed by atoms with Gasteiger partial charge < -0.3 is 11.1 Å². The van der Waals surface area contributed by atoms with Crippen LogP contribution in [0.4, 0.5) is 5.82 Å². The van der Waals surface area contributed by atoms with Gasteiger partial charge in [0.25, 0.3) is 0 Å². The van der Waals surface area contributed by atoms with E-state index in [4.69, 9.17) is 17.3 Å². The zero-order chi connectivity index (χ0) is 16.8. The average molecular weight is 390 g/mol. The molecular formula is C12H12ClN5O2S3. The summed E-state index contributed by atoms with van der Waals surface area (Å²) in [5.41, 5.74) is 5.07. The predicted molar refractivity (Wildman–Crippen MR) is 93.0 cm³/mol. The van der Waals surface area contributed by atoms with Gasteiger partial charge in [-0.2, -0.15) is 0 Å². The van der Waals surface area contributed by atoms with Crippen LogP contribution in [0, 0.1) is 0 Å². The molecule has 0 saturated heterocycles. The maximum absolute atomic E-state index is 12.1. The average Bonchev–Trinajstić information content (AvgIpc) is 2.95. The van der Waals surface area contributed by atoms with Crippen LogP contribution >= 0.6 is 46.5 Å².